The fourth-order valence-corrected chi connectivity index (χ4v) is 13.4. The number of hydrogen-bond acceptors (Lipinski definition) is 11. The monoisotopic (exact) mass is 1330 g/mol. The van der Waals surface area contributed by atoms with E-state index in [1.165, 1.54) is 175 Å². The maximum Gasteiger partial charge on any atom is 0.472 e. The van der Waals surface area contributed by atoms with Gasteiger partial charge >= 0.3 is 25.9 Å². The molecule has 0 aromatic heterocycles. The van der Waals surface area contributed by atoms with Crippen molar-refractivity contribution in [3.63, 3.8) is 0 Å². The van der Waals surface area contributed by atoms with E-state index in [1.54, 1.807) is 0 Å². The van der Waals surface area contributed by atoms with Gasteiger partial charge in [0.2, 0.25) is 11.6 Å². The van der Waals surface area contributed by atoms with E-state index >= 15 is 0 Å². The number of hydrogen-bond donors (Lipinski definition) is 3. The van der Waals surface area contributed by atoms with Gasteiger partial charge in [0.25, 0.3) is 0 Å². The highest BCUT2D eigenvalue weighted by Gasteiger charge is 2.43. The van der Waals surface area contributed by atoms with Gasteiger partial charge in [0.15, 0.2) is 11.8 Å². The lowest BCUT2D eigenvalue weighted by atomic mass is 9.81. The van der Waals surface area contributed by atoms with E-state index in [1.807, 2.05) is 0 Å². The fraction of sp³-hybridized carbons (Fsp3) is 0.697. The summed E-state index contributed by atoms with van der Waals surface area (Å²) in [6.45, 7) is 13.0. The van der Waals surface area contributed by atoms with Crippen molar-refractivity contribution in [2.24, 2.45) is 0 Å². The number of nitrogens with one attached hydrogen (secondary N) is 2. The van der Waals surface area contributed by atoms with Gasteiger partial charge in [-0.15, -0.1) is 0 Å². The van der Waals surface area contributed by atoms with Gasteiger partial charge in [-0.05, 0) is 57.2 Å². The van der Waals surface area contributed by atoms with Crippen LogP contribution in [0.4, 0.5) is 16.2 Å². The fourth-order valence-electron chi connectivity index (χ4n) is 12.7. The Morgan fingerprint density at radius 1 is 0.548 bits per heavy atom. The number of nitrogens with zero attached hydrogens (tertiary/aromatic N) is 2. The second-order valence-electron chi connectivity index (χ2n) is 26.7. The highest BCUT2D eigenvalue weighted by molar-refractivity contribution is 7.47. The van der Waals surface area contributed by atoms with Gasteiger partial charge in [-0.25, -0.2) is 9.36 Å². The van der Waals surface area contributed by atoms with Crippen molar-refractivity contribution in [1.82, 2.24) is 10.6 Å². The third kappa shape index (κ3) is 33.6. The van der Waals surface area contributed by atoms with Crippen LogP contribution < -0.4 is 27.9 Å². The quantitative estimate of drug-likeness (QED) is 0.0143. The first-order chi connectivity index (χ1) is 44.5. The van der Waals surface area contributed by atoms with Crippen LogP contribution in [0, 0.1) is 0 Å². The van der Waals surface area contributed by atoms with Crippen molar-refractivity contribution in [2.75, 3.05) is 58.0 Å². The molecule has 0 saturated carbocycles. The second kappa shape index (κ2) is 48.8. The maximum absolute atomic E-state index is 13.0. The molecule has 15 nitrogen and oxygen atoms in total. The zero-order valence-electron chi connectivity index (χ0n) is 58.7. The SMILES string of the molecule is CCCCCCCCCCCCCCCCCC(=O)OC[C@H](COP(=O)(O)OCCNC(=O)OCCNC(=O)CCCCCN1/C(=C/C=C/C=C/C2=[N+](C)c3ccccc3C2(C)C)C(C)(C)c2ccccc21)OC(=O)CCCCCCCCCCCCCCCCC.[Cl-]. The van der Waals surface area contributed by atoms with E-state index in [0.717, 1.165) is 57.9 Å². The summed E-state index contributed by atoms with van der Waals surface area (Å²) in [7, 11) is -2.55. The van der Waals surface area contributed by atoms with E-state index in [-0.39, 0.29) is 68.3 Å². The number of esters is 2. The van der Waals surface area contributed by atoms with E-state index in [9.17, 15) is 28.6 Å². The molecule has 0 fully saturated rings. The summed E-state index contributed by atoms with van der Waals surface area (Å²) in [5, 5.41) is 5.27. The minimum atomic E-state index is -4.68. The van der Waals surface area contributed by atoms with Gasteiger partial charge in [-0.3, -0.25) is 23.4 Å². The molecular formula is C76H124ClN4O11P. The Balaban J connectivity index is 0.0000226. The lowest BCUT2D eigenvalue weighted by Gasteiger charge is -2.27. The molecule has 2 aliphatic rings. The Bertz CT molecular complexity index is 2600. The smallest absolute Gasteiger partial charge is 0.472 e. The van der Waals surface area contributed by atoms with Crippen molar-refractivity contribution in [2.45, 2.75) is 290 Å². The summed E-state index contributed by atoms with van der Waals surface area (Å²) < 4.78 is 41.8. The molecule has 0 aliphatic carbocycles. The Kier molecular flexibility index (Phi) is 43.3. The first-order valence-corrected chi connectivity index (χ1v) is 37.8. The number of allylic oxidation sites excluding steroid dienone is 6. The third-order valence-electron chi connectivity index (χ3n) is 18.2. The molecule has 2 atom stereocenters. The molecule has 2 heterocycles. The van der Waals surface area contributed by atoms with Crippen molar-refractivity contribution in [1.29, 1.82) is 0 Å². The maximum atomic E-state index is 13.0. The van der Waals surface area contributed by atoms with Crippen LogP contribution in [-0.4, -0.2) is 98.3 Å². The number of anilines is 1. The normalized spacial score (nSPS) is 15.3. The summed E-state index contributed by atoms with van der Waals surface area (Å²) in [4.78, 5) is 63.8. The Hall–Kier alpha value is -4.79. The summed E-state index contributed by atoms with van der Waals surface area (Å²) >= 11 is 0. The number of amides is 2. The number of alkyl carbamates (subject to hydrolysis) is 1. The predicted octanol–water partition coefficient (Wildman–Crippen LogP) is 16.0. The van der Waals surface area contributed by atoms with Crippen LogP contribution >= 0.6 is 7.82 Å². The molecule has 0 radical (unpaired) electrons. The first kappa shape index (κ1) is 82.4. The van der Waals surface area contributed by atoms with Crippen LogP contribution in [0.1, 0.15) is 284 Å². The van der Waals surface area contributed by atoms with Crippen LogP contribution in [0.15, 0.2) is 84.6 Å². The molecule has 3 N–H and O–H groups in total. The molecule has 0 bridgehead atoms. The molecular weight excluding hydrogens is 1210 g/mol. The molecule has 93 heavy (non-hydrogen) atoms. The van der Waals surface area contributed by atoms with Crippen LogP contribution in [0.2, 0.25) is 0 Å². The largest absolute Gasteiger partial charge is 1.00 e. The predicted molar refractivity (Wildman–Crippen MR) is 376 cm³/mol. The lowest BCUT2D eigenvalue weighted by molar-refractivity contribution is -0.401. The lowest BCUT2D eigenvalue weighted by Crippen LogP contribution is -3.00. The van der Waals surface area contributed by atoms with E-state index in [4.69, 9.17) is 23.3 Å². The number of phosphoric ester groups is 1. The van der Waals surface area contributed by atoms with E-state index in [0.29, 0.717) is 25.7 Å². The van der Waals surface area contributed by atoms with Crippen molar-refractivity contribution < 1.29 is 68.9 Å². The summed E-state index contributed by atoms with van der Waals surface area (Å²) in [6, 6.07) is 17.2. The molecule has 2 aliphatic heterocycles. The molecule has 526 valence electrons. The molecule has 2 aromatic carbocycles. The van der Waals surface area contributed by atoms with Gasteiger partial charge in [0, 0.05) is 66.9 Å². The number of phosphoric acid groups is 1. The number of fused-ring (bicyclic) bond motifs is 2. The van der Waals surface area contributed by atoms with Crippen LogP contribution in [0.5, 0.6) is 0 Å². The van der Waals surface area contributed by atoms with Crippen molar-refractivity contribution >= 4 is 48.8 Å². The zero-order valence-corrected chi connectivity index (χ0v) is 60.4. The number of carbonyl (C=O) groups is 4. The molecule has 0 saturated heterocycles. The molecule has 0 spiro atoms. The minimum absolute atomic E-state index is 0. The van der Waals surface area contributed by atoms with Gasteiger partial charge < -0.3 is 47.0 Å². The van der Waals surface area contributed by atoms with Gasteiger partial charge in [-0.1, -0.05) is 269 Å². The standard InChI is InChI=1S/C76H123N4O11P.ClH/c1-8-10-12-14-16-18-20-22-24-26-28-30-32-34-41-55-72(82)88-62-64(91-73(83)56-42-35-33-31-29-27-25-23-21-19-17-15-13-11-9-2)63-90-92(85,86)89-61-58-78-74(84)87-60-57-77-71(81)54-40-37-47-59-80-68-51-46-44-49-66(68)76(5,6)70(80)53-39-36-38-52-69-75(3,4)65-48-43-45-50-67(65)79(69)7;/h36,38-39,43-46,48-53,64H,8-35,37,40-42,47,54-63H2,1-7H3,(H2-,77,78,81,84,85,86);1H/t64-;/m1./s1. The van der Waals surface area contributed by atoms with Crippen molar-refractivity contribution in [3.05, 3.63) is 95.7 Å². The first-order valence-electron chi connectivity index (χ1n) is 36.3. The van der Waals surface area contributed by atoms with Gasteiger partial charge in [0.05, 0.1) is 25.2 Å². The molecule has 4 rings (SSSR count). The third-order valence-corrected chi connectivity index (χ3v) is 19.1. The molecule has 17 heteroatoms. The number of rotatable bonds is 54. The summed E-state index contributed by atoms with van der Waals surface area (Å²) in [5.41, 5.74) is 7.30. The van der Waals surface area contributed by atoms with E-state index in [2.05, 4.69) is 148 Å². The topological polar surface area (TPSA) is 182 Å². The van der Waals surface area contributed by atoms with Gasteiger partial charge in [-0.2, -0.15) is 4.58 Å². The Morgan fingerprint density at radius 3 is 1.59 bits per heavy atom. The average molecular weight is 1340 g/mol. The highest BCUT2D eigenvalue weighted by atomic mass is 35.5. The molecule has 1 unspecified atom stereocenters. The zero-order chi connectivity index (χ0) is 66.6. The number of carbonyl (C=O) groups excluding carboxylic acids is 4. The van der Waals surface area contributed by atoms with E-state index < -0.39 is 45.2 Å². The summed E-state index contributed by atoms with van der Waals surface area (Å²) in [6.07, 6.45) is 48.5. The number of benzene rings is 2. The molecule has 2 amide bonds. The highest BCUT2D eigenvalue weighted by Crippen LogP contribution is 2.48. The van der Waals surface area contributed by atoms with Crippen LogP contribution in [0.25, 0.3) is 0 Å². The van der Waals surface area contributed by atoms with Crippen LogP contribution in [-0.2, 0) is 53.0 Å². The Morgan fingerprint density at radius 2 is 1.03 bits per heavy atom. The number of para-hydroxylation sites is 2. The second-order valence-corrected chi connectivity index (χ2v) is 28.1. The van der Waals surface area contributed by atoms with Gasteiger partial charge in [0.1, 0.15) is 20.3 Å². The minimum Gasteiger partial charge on any atom is -1.00 e. The Labute approximate surface area is 568 Å². The molecule has 2 aromatic rings. The van der Waals surface area contributed by atoms with Crippen molar-refractivity contribution in [3.8, 4) is 0 Å². The number of ether oxygens (including phenoxy) is 3. The number of unbranched alkanes of at least 4 members (excludes halogenated alkanes) is 30. The summed E-state index contributed by atoms with van der Waals surface area (Å²) in [5.74, 6) is -1.06. The average Bonchev–Trinajstić information content (AvgIpc) is 1.62. The number of halogens is 1. The van der Waals surface area contributed by atoms with Crippen LogP contribution in [0.3, 0.4) is 0 Å².